The predicted octanol–water partition coefficient (Wildman–Crippen LogP) is 3.20. The lowest BCUT2D eigenvalue weighted by Crippen LogP contribution is -2.51. The fourth-order valence-corrected chi connectivity index (χ4v) is 3.45. The summed E-state index contributed by atoms with van der Waals surface area (Å²) >= 11 is 1.88. The first-order chi connectivity index (χ1) is 11.8. The number of halogens is 1. The van der Waals surface area contributed by atoms with Crippen LogP contribution < -0.4 is 20.3 Å². The molecule has 1 atom stereocenters. The molecule has 1 heterocycles. The summed E-state index contributed by atoms with van der Waals surface area (Å²) in [7, 11) is 3.57. The molecule has 2 N–H and O–H groups in total. The molecule has 0 aliphatic carbocycles. The van der Waals surface area contributed by atoms with Gasteiger partial charge in [-0.1, -0.05) is 12.1 Å². The van der Waals surface area contributed by atoms with E-state index < -0.39 is 0 Å². The summed E-state index contributed by atoms with van der Waals surface area (Å²) < 4.78 is 5.51. The molecule has 2 rings (SSSR count). The van der Waals surface area contributed by atoms with Crippen molar-refractivity contribution >= 4 is 47.4 Å². The lowest BCUT2D eigenvalue weighted by molar-refractivity contribution is 0.408. The summed E-state index contributed by atoms with van der Waals surface area (Å²) in [6.45, 7) is 2.99. The lowest BCUT2D eigenvalue weighted by atomic mass is 10.0. The number of nitrogens with zero attached hydrogens (tertiary/aromatic N) is 2. The Morgan fingerprint density at radius 3 is 2.92 bits per heavy atom. The summed E-state index contributed by atoms with van der Waals surface area (Å²) in [4.78, 5) is 6.76. The van der Waals surface area contributed by atoms with E-state index in [2.05, 4.69) is 38.9 Å². The molecule has 0 amide bonds. The minimum absolute atomic E-state index is 0. The minimum atomic E-state index is 0. The largest absolute Gasteiger partial charge is 0.495 e. The van der Waals surface area contributed by atoms with Crippen LogP contribution >= 0.6 is 35.7 Å². The van der Waals surface area contributed by atoms with E-state index >= 15 is 0 Å². The predicted molar refractivity (Wildman–Crippen MR) is 121 cm³/mol. The normalized spacial score (nSPS) is 17.6. The minimum Gasteiger partial charge on any atom is -0.495 e. The summed E-state index contributed by atoms with van der Waals surface area (Å²) in [5, 5.41) is 6.98. The molecule has 1 aliphatic rings. The van der Waals surface area contributed by atoms with Gasteiger partial charge < -0.3 is 20.3 Å². The molecule has 1 unspecified atom stereocenters. The molecule has 0 bridgehead atoms. The van der Waals surface area contributed by atoms with E-state index in [1.807, 2.05) is 30.9 Å². The van der Waals surface area contributed by atoms with Gasteiger partial charge in [-0.3, -0.25) is 4.99 Å². The highest BCUT2D eigenvalue weighted by Gasteiger charge is 2.22. The molecule has 1 saturated heterocycles. The monoisotopic (exact) mass is 478 g/mol. The van der Waals surface area contributed by atoms with Crippen LogP contribution in [0.25, 0.3) is 0 Å². The number of guanidine groups is 1. The smallest absolute Gasteiger partial charge is 0.191 e. The van der Waals surface area contributed by atoms with Crippen molar-refractivity contribution in [1.29, 1.82) is 0 Å². The van der Waals surface area contributed by atoms with Gasteiger partial charge in [-0.15, -0.1) is 24.0 Å². The fraction of sp³-hybridized carbons (Fsp3) is 0.611. The van der Waals surface area contributed by atoms with E-state index in [-0.39, 0.29) is 24.0 Å². The van der Waals surface area contributed by atoms with Crippen molar-refractivity contribution in [2.45, 2.75) is 25.3 Å². The van der Waals surface area contributed by atoms with Gasteiger partial charge >= 0.3 is 0 Å². The SMILES string of the molecule is CN=C(NCCCSC)NC1CCCN(c2ccccc2OC)C1.I. The Morgan fingerprint density at radius 2 is 2.20 bits per heavy atom. The first-order valence-electron chi connectivity index (χ1n) is 8.62. The fourth-order valence-electron chi connectivity index (χ4n) is 3.02. The maximum Gasteiger partial charge on any atom is 0.191 e. The Balaban J connectivity index is 0.00000312. The van der Waals surface area contributed by atoms with Crippen LogP contribution in [0.5, 0.6) is 5.75 Å². The second-order valence-corrected chi connectivity index (χ2v) is 6.93. The Bertz CT molecular complexity index is 530. The van der Waals surface area contributed by atoms with Gasteiger partial charge in [0.1, 0.15) is 5.75 Å². The van der Waals surface area contributed by atoms with E-state index in [1.54, 1.807) is 7.11 Å². The standard InChI is InChI=1S/C18H30N4OS.HI/c1-19-18(20-11-7-13-24-3)21-15-8-6-12-22(14-15)16-9-4-5-10-17(16)23-2;/h4-5,9-10,15H,6-8,11-14H2,1-3H3,(H2,19,20,21);1H. The number of para-hydroxylation sites is 2. The Hall–Kier alpha value is -0.830. The van der Waals surface area contributed by atoms with E-state index in [0.717, 1.165) is 44.2 Å². The number of anilines is 1. The van der Waals surface area contributed by atoms with E-state index in [9.17, 15) is 0 Å². The number of thioether (sulfide) groups is 1. The Kier molecular flexibility index (Phi) is 11.1. The highest BCUT2D eigenvalue weighted by molar-refractivity contribution is 14.0. The van der Waals surface area contributed by atoms with Gasteiger partial charge in [0.15, 0.2) is 5.96 Å². The molecule has 0 aromatic heterocycles. The van der Waals surface area contributed by atoms with E-state index in [0.29, 0.717) is 6.04 Å². The number of ether oxygens (including phenoxy) is 1. The molecule has 1 aromatic rings. The van der Waals surface area contributed by atoms with Crippen molar-refractivity contribution in [3.63, 3.8) is 0 Å². The van der Waals surface area contributed by atoms with Gasteiger partial charge in [-0.2, -0.15) is 11.8 Å². The van der Waals surface area contributed by atoms with Crippen LogP contribution in [-0.2, 0) is 0 Å². The third-order valence-electron chi connectivity index (χ3n) is 4.23. The maximum atomic E-state index is 5.51. The highest BCUT2D eigenvalue weighted by atomic mass is 127. The molecule has 0 spiro atoms. The van der Waals surface area contributed by atoms with Crippen molar-refractivity contribution in [1.82, 2.24) is 10.6 Å². The molecule has 25 heavy (non-hydrogen) atoms. The number of aliphatic imine (C=N–C) groups is 1. The average Bonchev–Trinajstić information content (AvgIpc) is 2.64. The number of methoxy groups -OCH3 is 1. The number of benzene rings is 1. The van der Waals surface area contributed by atoms with Crippen molar-refractivity contribution in [3.8, 4) is 5.75 Å². The summed E-state index contributed by atoms with van der Waals surface area (Å²) in [6.07, 6.45) is 5.62. The zero-order valence-electron chi connectivity index (χ0n) is 15.5. The topological polar surface area (TPSA) is 48.9 Å². The van der Waals surface area contributed by atoms with E-state index in [4.69, 9.17) is 4.74 Å². The number of hydrogen-bond acceptors (Lipinski definition) is 4. The van der Waals surface area contributed by atoms with Crippen LogP contribution in [0.2, 0.25) is 0 Å². The van der Waals surface area contributed by atoms with Crippen molar-refractivity contribution in [2.75, 3.05) is 50.7 Å². The number of rotatable bonds is 7. The molecule has 7 heteroatoms. The molecule has 1 fully saturated rings. The van der Waals surface area contributed by atoms with Crippen molar-refractivity contribution in [3.05, 3.63) is 24.3 Å². The average molecular weight is 478 g/mol. The number of piperidine rings is 1. The van der Waals surface area contributed by atoms with Crippen LogP contribution in [0.3, 0.4) is 0 Å². The zero-order chi connectivity index (χ0) is 17.2. The Morgan fingerprint density at radius 1 is 1.40 bits per heavy atom. The molecular weight excluding hydrogens is 447 g/mol. The molecule has 5 nitrogen and oxygen atoms in total. The third kappa shape index (κ3) is 7.13. The molecule has 0 saturated carbocycles. The molecule has 1 aromatic carbocycles. The Labute approximate surface area is 173 Å². The van der Waals surface area contributed by atoms with E-state index in [1.165, 1.54) is 17.9 Å². The van der Waals surface area contributed by atoms with Crippen LogP contribution in [0.1, 0.15) is 19.3 Å². The van der Waals surface area contributed by atoms with Crippen LogP contribution in [-0.4, -0.2) is 57.8 Å². The summed E-state index contributed by atoms with van der Waals surface area (Å²) in [6, 6.07) is 8.65. The number of nitrogens with one attached hydrogen (secondary N) is 2. The lowest BCUT2D eigenvalue weighted by Gasteiger charge is -2.36. The third-order valence-corrected chi connectivity index (χ3v) is 4.93. The molecule has 0 radical (unpaired) electrons. The zero-order valence-corrected chi connectivity index (χ0v) is 18.6. The first-order valence-corrected chi connectivity index (χ1v) is 10.0. The second-order valence-electron chi connectivity index (χ2n) is 5.95. The van der Waals surface area contributed by atoms with Gasteiger partial charge in [0.2, 0.25) is 0 Å². The van der Waals surface area contributed by atoms with Crippen molar-refractivity contribution < 1.29 is 4.74 Å². The highest BCUT2D eigenvalue weighted by Crippen LogP contribution is 2.29. The number of hydrogen-bond donors (Lipinski definition) is 2. The summed E-state index contributed by atoms with van der Waals surface area (Å²) in [5.74, 6) is 3.02. The van der Waals surface area contributed by atoms with Gasteiger partial charge in [0.05, 0.1) is 12.8 Å². The molecule has 142 valence electrons. The van der Waals surface area contributed by atoms with Crippen molar-refractivity contribution in [2.24, 2.45) is 4.99 Å². The van der Waals surface area contributed by atoms with Gasteiger partial charge in [0.25, 0.3) is 0 Å². The van der Waals surface area contributed by atoms with Gasteiger partial charge in [-0.05, 0) is 43.4 Å². The molecule has 1 aliphatic heterocycles. The quantitative estimate of drug-likeness (QED) is 0.273. The van der Waals surface area contributed by atoms with Gasteiger partial charge in [0, 0.05) is 32.7 Å². The van der Waals surface area contributed by atoms with Gasteiger partial charge in [-0.25, -0.2) is 0 Å². The summed E-state index contributed by atoms with van der Waals surface area (Å²) in [5.41, 5.74) is 1.18. The molecular formula is C18H31IN4OS. The van der Waals surface area contributed by atoms with Crippen LogP contribution in [0.15, 0.2) is 29.3 Å². The second kappa shape index (κ2) is 12.5. The van der Waals surface area contributed by atoms with Crippen LogP contribution in [0.4, 0.5) is 5.69 Å². The first kappa shape index (κ1) is 22.2. The van der Waals surface area contributed by atoms with Crippen LogP contribution in [0, 0.1) is 0 Å². The maximum absolute atomic E-state index is 5.51.